The Morgan fingerprint density at radius 1 is 1.45 bits per heavy atom. The van der Waals surface area contributed by atoms with Gasteiger partial charge in [0.25, 0.3) is 0 Å². The van der Waals surface area contributed by atoms with Gasteiger partial charge in [-0.25, -0.2) is 4.98 Å². The number of nitrogens with zero attached hydrogens (tertiary/aromatic N) is 4. The lowest BCUT2D eigenvalue weighted by molar-refractivity contribution is 0.0489. The van der Waals surface area contributed by atoms with Crippen LogP contribution in [0.15, 0.2) is 0 Å². The molecule has 6 nitrogen and oxygen atoms in total. The normalized spacial score (nSPS) is 19.8. The second kappa shape index (κ2) is 5.44. The van der Waals surface area contributed by atoms with Crippen molar-refractivity contribution in [3.05, 3.63) is 5.69 Å². The number of anilines is 1. The number of hydrogen-bond acceptors (Lipinski definition) is 4. The van der Waals surface area contributed by atoms with Crippen LogP contribution in [0.1, 0.15) is 31.9 Å². The maximum atomic E-state index is 6.12. The lowest BCUT2D eigenvalue weighted by atomic mass is 10.0. The molecule has 3 rings (SSSR count). The van der Waals surface area contributed by atoms with Crippen LogP contribution in [0.3, 0.4) is 0 Å². The molecular weight excluding hydrogens is 254 g/mol. The fourth-order valence-electron chi connectivity index (χ4n) is 3.05. The Bertz CT molecular complexity index is 594. The van der Waals surface area contributed by atoms with Crippen molar-refractivity contribution in [2.75, 3.05) is 18.9 Å². The Labute approximate surface area is 118 Å². The quantitative estimate of drug-likeness (QED) is 0.924. The predicted octanol–water partition coefficient (Wildman–Crippen LogP) is 1.73. The Morgan fingerprint density at radius 3 is 3.00 bits per heavy atom. The summed E-state index contributed by atoms with van der Waals surface area (Å²) >= 11 is 0. The summed E-state index contributed by atoms with van der Waals surface area (Å²) in [7, 11) is 1.97. The molecule has 0 bridgehead atoms. The van der Waals surface area contributed by atoms with Gasteiger partial charge in [0, 0.05) is 26.1 Å². The van der Waals surface area contributed by atoms with Crippen LogP contribution in [0, 0.1) is 5.92 Å². The number of aromatic nitrogens is 4. The van der Waals surface area contributed by atoms with E-state index in [2.05, 4.69) is 21.6 Å². The van der Waals surface area contributed by atoms with Gasteiger partial charge in [0.2, 0.25) is 5.95 Å². The van der Waals surface area contributed by atoms with Crippen LogP contribution in [0.2, 0.25) is 0 Å². The van der Waals surface area contributed by atoms with Crippen LogP contribution in [0.4, 0.5) is 5.95 Å². The van der Waals surface area contributed by atoms with Gasteiger partial charge in [-0.15, -0.1) is 0 Å². The molecule has 0 amide bonds. The molecule has 1 saturated heterocycles. The number of hydrogen-bond donors (Lipinski definition) is 1. The van der Waals surface area contributed by atoms with E-state index in [0.29, 0.717) is 11.9 Å². The molecule has 2 aromatic rings. The minimum absolute atomic E-state index is 0.521. The standard InChI is InChI=1S/C14H23N5O/c1-3-5-11-12-13(18(2)17-11)19(14(15)16-12)8-10-6-4-7-20-9-10/h10H,3-9H2,1-2H3,(H2,15,16). The molecule has 0 saturated carbocycles. The first-order valence-electron chi connectivity index (χ1n) is 7.46. The summed E-state index contributed by atoms with van der Waals surface area (Å²) in [4.78, 5) is 4.53. The third-order valence-electron chi connectivity index (χ3n) is 4.00. The van der Waals surface area contributed by atoms with E-state index in [1.54, 1.807) is 0 Å². The summed E-state index contributed by atoms with van der Waals surface area (Å²) in [6.45, 7) is 4.73. The average molecular weight is 277 g/mol. The van der Waals surface area contributed by atoms with Gasteiger partial charge in [0.15, 0.2) is 5.65 Å². The summed E-state index contributed by atoms with van der Waals surface area (Å²) in [6.07, 6.45) is 4.34. The Balaban J connectivity index is 1.95. The molecule has 1 fully saturated rings. The predicted molar refractivity (Wildman–Crippen MR) is 78.4 cm³/mol. The summed E-state index contributed by atoms with van der Waals surface area (Å²) < 4.78 is 9.57. The van der Waals surface area contributed by atoms with Crippen LogP contribution >= 0.6 is 0 Å². The first-order valence-corrected chi connectivity index (χ1v) is 7.46. The molecule has 1 atom stereocenters. The highest BCUT2D eigenvalue weighted by molar-refractivity contribution is 5.77. The van der Waals surface area contributed by atoms with Crippen LogP contribution in [0.5, 0.6) is 0 Å². The van der Waals surface area contributed by atoms with E-state index in [1.807, 2.05) is 11.7 Å². The van der Waals surface area contributed by atoms with Crippen molar-refractivity contribution in [3.8, 4) is 0 Å². The van der Waals surface area contributed by atoms with Crippen LogP contribution in [-0.2, 0) is 24.8 Å². The van der Waals surface area contributed by atoms with E-state index < -0.39 is 0 Å². The van der Waals surface area contributed by atoms with Crippen LogP contribution in [0.25, 0.3) is 11.2 Å². The van der Waals surface area contributed by atoms with E-state index in [4.69, 9.17) is 10.5 Å². The van der Waals surface area contributed by atoms with Gasteiger partial charge in [-0.05, 0) is 19.3 Å². The van der Waals surface area contributed by atoms with Gasteiger partial charge in [-0.2, -0.15) is 5.10 Å². The molecule has 20 heavy (non-hydrogen) atoms. The summed E-state index contributed by atoms with van der Waals surface area (Å²) in [6, 6.07) is 0. The van der Waals surface area contributed by atoms with Crippen LogP contribution in [-0.4, -0.2) is 32.5 Å². The highest BCUT2D eigenvalue weighted by Gasteiger charge is 2.21. The SMILES string of the molecule is CCCc1nn(C)c2c1nc(N)n2CC1CCCOC1. The van der Waals surface area contributed by atoms with Crippen molar-refractivity contribution in [1.29, 1.82) is 0 Å². The topological polar surface area (TPSA) is 70.9 Å². The molecule has 0 spiro atoms. The summed E-state index contributed by atoms with van der Waals surface area (Å²) in [5, 5.41) is 4.58. The molecule has 6 heteroatoms. The molecule has 2 aromatic heterocycles. The van der Waals surface area contributed by atoms with Crippen molar-refractivity contribution in [1.82, 2.24) is 19.3 Å². The minimum Gasteiger partial charge on any atom is -0.381 e. The largest absolute Gasteiger partial charge is 0.381 e. The van der Waals surface area contributed by atoms with Gasteiger partial charge >= 0.3 is 0 Å². The Hall–Kier alpha value is -1.56. The van der Waals surface area contributed by atoms with E-state index >= 15 is 0 Å². The third-order valence-corrected chi connectivity index (χ3v) is 4.00. The summed E-state index contributed by atoms with van der Waals surface area (Å²) in [5.41, 5.74) is 9.17. The minimum atomic E-state index is 0.521. The smallest absolute Gasteiger partial charge is 0.202 e. The van der Waals surface area contributed by atoms with Crippen molar-refractivity contribution >= 4 is 17.1 Å². The molecule has 0 aliphatic carbocycles. The number of imidazole rings is 1. The van der Waals surface area contributed by atoms with E-state index in [1.165, 1.54) is 6.42 Å². The summed E-state index contributed by atoms with van der Waals surface area (Å²) in [5.74, 6) is 1.11. The zero-order chi connectivity index (χ0) is 14.1. The van der Waals surface area contributed by atoms with Gasteiger partial charge in [-0.3, -0.25) is 9.25 Å². The lowest BCUT2D eigenvalue weighted by Crippen LogP contribution is -2.23. The number of aryl methyl sites for hydroxylation is 2. The lowest BCUT2D eigenvalue weighted by Gasteiger charge is -2.22. The molecular formula is C14H23N5O. The van der Waals surface area contributed by atoms with Crippen LogP contribution < -0.4 is 5.73 Å². The molecule has 0 radical (unpaired) electrons. The van der Waals surface area contributed by atoms with E-state index in [-0.39, 0.29) is 0 Å². The molecule has 1 aliphatic heterocycles. The fraction of sp³-hybridized carbons (Fsp3) is 0.714. The highest BCUT2D eigenvalue weighted by Crippen LogP contribution is 2.25. The Kier molecular flexibility index (Phi) is 3.65. The molecule has 1 aliphatic rings. The molecule has 2 N–H and O–H groups in total. The van der Waals surface area contributed by atoms with Gasteiger partial charge in [0.05, 0.1) is 12.3 Å². The maximum Gasteiger partial charge on any atom is 0.202 e. The first-order chi connectivity index (χ1) is 9.70. The van der Waals surface area contributed by atoms with E-state index in [0.717, 1.165) is 55.9 Å². The number of nitrogens with two attached hydrogens (primary N) is 1. The molecule has 0 aromatic carbocycles. The zero-order valence-corrected chi connectivity index (χ0v) is 12.3. The van der Waals surface area contributed by atoms with Crippen molar-refractivity contribution in [2.45, 2.75) is 39.2 Å². The molecule has 1 unspecified atom stereocenters. The number of ether oxygens (including phenoxy) is 1. The number of nitrogen functional groups attached to an aromatic ring is 1. The van der Waals surface area contributed by atoms with Crippen molar-refractivity contribution in [2.24, 2.45) is 13.0 Å². The number of rotatable bonds is 4. The van der Waals surface area contributed by atoms with Gasteiger partial charge in [-0.1, -0.05) is 13.3 Å². The molecule has 3 heterocycles. The molecule has 110 valence electrons. The first kappa shape index (κ1) is 13.4. The Morgan fingerprint density at radius 2 is 2.30 bits per heavy atom. The average Bonchev–Trinajstić information content (AvgIpc) is 2.91. The number of fused-ring (bicyclic) bond motifs is 1. The highest BCUT2D eigenvalue weighted by atomic mass is 16.5. The second-order valence-corrected chi connectivity index (χ2v) is 5.66. The van der Waals surface area contributed by atoms with E-state index in [9.17, 15) is 0 Å². The monoisotopic (exact) mass is 277 g/mol. The zero-order valence-electron chi connectivity index (χ0n) is 12.3. The fourth-order valence-corrected chi connectivity index (χ4v) is 3.05. The third kappa shape index (κ3) is 2.28. The van der Waals surface area contributed by atoms with Crippen molar-refractivity contribution < 1.29 is 4.74 Å². The van der Waals surface area contributed by atoms with Crippen molar-refractivity contribution in [3.63, 3.8) is 0 Å². The van der Waals surface area contributed by atoms with Gasteiger partial charge < -0.3 is 10.5 Å². The second-order valence-electron chi connectivity index (χ2n) is 5.66. The van der Waals surface area contributed by atoms with Gasteiger partial charge in [0.1, 0.15) is 5.52 Å². The maximum absolute atomic E-state index is 6.12.